The highest BCUT2D eigenvalue weighted by Crippen LogP contribution is 2.30. The molecule has 1 unspecified atom stereocenters. The van der Waals surface area contributed by atoms with Gasteiger partial charge in [-0.1, -0.05) is 6.07 Å². The lowest BCUT2D eigenvalue weighted by atomic mass is 10.0. The van der Waals surface area contributed by atoms with E-state index in [4.69, 9.17) is 4.74 Å². The molecule has 5 heteroatoms. The molecule has 0 aliphatic carbocycles. The number of nitrogens with zero attached hydrogens (tertiary/aromatic N) is 1. The van der Waals surface area contributed by atoms with Gasteiger partial charge in [-0.2, -0.15) is 0 Å². The summed E-state index contributed by atoms with van der Waals surface area (Å²) in [6, 6.07) is 11.0. The van der Waals surface area contributed by atoms with Crippen LogP contribution < -0.4 is 15.0 Å². The van der Waals surface area contributed by atoms with Gasteiger partial charge in [-0.15, -0.1) is 0 Å². The van der Waals surface area contributed by atoms with Gasteiger partial charge >= 0.3 is 0 Å². The molecular weight excluding hydrogens is 328 g/mol. The van der Waals surface area contributed by atoms with Crippen molar-refractivity contribution in [1.29, 1.82) is 0 Å². The van der Waals surface area contributed by atoms with E-state index in [2.05, 4.69) is 5.32 Å². The third-order valence-corrected chi connectivity index (χ3v) is 4.76. The van der Waals surface area contributed by atoms with E-state index >= 15 is 0 Å². The molecule has 26 heavy (non-hydrogen) atoms. The molecule has 0 radical (unpaired) electrons. The predicted octanol–water partition coefficient (Wildman–Crippen LogP) is 3.60. The number of carbonyl (C=O) groups is 2. The number of Topliss-reactive ketones (excluding diaryl/α,β-unsaturated/α-hetero) is 1. The van der Waals surface area contributed by atoms with Crippen molar-refractivity contribution in [3.8, 4) is 5.75 Å². The maximum atomic E-state index is 12.9. The number of rotatable bonds is 5. The van der Waals surface area contributed by atoms with Crippen LogP contribution in [0, 0.1) is 6.92 Å². The zero-order valence-electron chi connectivity index (χ0n) is 15.6. The maximum Gasteiger partial charge on any atom is 0.223 e. The largest absolute Gasteiger partial charge is 0.495 e. The maximum absolute atomic E-state index is 12.9. The summed E-state index contributed by atoms with van der Waals surface area (Å²) in [6.07, 6.45) is 0.781. The first kappa shape index (κ1) is 18.0. The molecule has 2 aromatic carbocycles. The van der Waals surface area contributed by atoms with Gasteiger partial charge < -0.3 is 15.0 Å². The zero-order chi connectivity index (χ0) is 18.8. The monoisotopic (exact) mass is 352 g/mol. The smallest absolute Gasteiger partial charge is 0.223 e. The van der Waals surface area contributed by atoms with Crippen LogP contribution in [0.4, 0.5) is 11.4 Å². The molecule has 1 N–H and O–H groups in total. The lowest BCUT2D eigenvalue weighted by Crippen LogP contribution is -2.27. The SMILES string of the molecule is COc1ccc(C)cc1NC(C)C(=O)c1ccc2c(c1)CCN2C(C)=O. The van der Waals surface area contributed by atoms with Crippen molar-refractivity contribution in [1.82, 2.24) is 0 Å². The highest BCUT2D eigenvalue weighted by atomic mass is 16.5. The number of methoxy groups -OCH3 is 1. The van der Waals surface area contributed by atoms with Gasteiger partial charge in [0.1, 0.15) is 5.75 Å². The molecule has 2 aromatic rings. The number of ether oxygens (including phenoxy) is 1. The van der Waals surface area contributed by atoms with E-state index in [1.807, 2.05) is 44.2 Å². The number of hydrogen-bond donors (Lipinski definition) is 1. The number of hydrogen-bond acceptors (Lipinski definition) is 4. The lowest BCUT2D eigenvalue weighted by molar-refractivity contribution is -0.116. The van der Waals surface area contributed by atoms with Crippen molar-refractivity contribution in [3.63, 3.8) is 0 Å². The molecule has 1 heterocycles. The summed E-state index contributed by atoms with van der Waals surface area (Å²) in [5, 5.41) is 3.26. The van der Waals surface area contributed by atoms with Gasteiger partial charge in [-0.3, -0.25) is 9.59 Å². The minimum absolute atomic E-state index is 0.0117. The Morgan fingerprint density at radius 1 is 1.19 bits per heavy atom. The Labute approximate surface area is 154 Å². The summed E-state index contributed by atoms with van der Waals surface area (Å²) in [6.45, 7) is 6.09. The van der Waals surface area contributed by atoms with E-state index in [0.29, 0.717) is 17.9 Å². The summed E-state index contributed by atoms with van der Waals surface area (Å²) in [5.74, 6) is 0.753. The second kappa shape index (κ2) is 7.20. The van der Waals surface area contributed by atoms with Crippen molar-refractivity contribution < 1.29 is 14.3 Å². The molecule has 5 nitrogen and oxygen atoms in total. The summed E-state index contributed by atoms with van der Waals surface area (Å²) >= 11 is 0. The highest BCUT2D eigenvalue weighted by Gasteiger charge is 2.24. The van der Waals surface area contributed by atoms with Crippen LogP contribution >= 0.6 is 0 Å². The number of benzene rings is 2. The van der Waals surface area contributed by atoms with E-state index in [-0.39, 0.29) is 11.7 Å². The Morgan fingerprint density at radius 2 is 1.96 bits per heavy atom. The minimum Gasteiger partial charge on any atom is -0.495 e. The number of carbonyl (C=O) groups excluding carboxylic acids is 2. The molecule has 3 rings (SSSR count). The number of aryl methyl sites for hydroxylation is 1. The van der Waals surface area contributed by atoms with Crippen LogP contribution in [0.15, 0.2) is 36.4 Å². The van der Waals surface area contributed by atoms with Gasteiger partial charge in [-0.05, 0) is 61.7 Å². The minimum atomic E-state index is -0.394. The van der Waals surface area contributed by atoms with Crippen molar-refractivity contribution in [2.75, 3.05) is 23.9 Å². The lowest BCUT2D eigenvalue weighted by Gasteiger charge is -2.18. The van der Waals surface area contributed by atoms with Gasteiger partial charge in [-0.25, -0.2) is 0 Å². The number of amides is 1. The number of anilines is 2. The second-order valence-electron chi connectivity index (χ2n) is 6.70. The molecule has 1 amide bonds. The van der Waals surface area contributed by atoms with E-state index < -0.39 is 6.04 Å². The van der Waals surface area contributed by atoms with Crippen LogP contribution in [-0.4, -0.2) is 31.4 Å². The first-order valence-electron chi connectivity index (χ1n) is 8.77. The quantitative estimate of drug-likeness (QED) is 0.836. The molecule has 0 saturated heterocycles. The summed E-state index contributed by atoms with van der Waals surface area (Å²) in [7, 11) is 1.61. The second-order valence-corrected chi connectivity index (χ2v) is 6.70. The first-order valence-corrected chi connectivity index (χ1v) is 8.77. The topological polar surface area (TPSA) is 58.6 Å². The van der Waals surface area contributed by atoms with Crippen molar-refractivity contribution in [2.45, 2.75) is 33.2 Å². The first-order chi connectivity index (χ1) is 12.4. The molecule has 0 aromatic heterocycles. The molecule has 0 fully saturated rings. The zero-order valence-corrected chi connectivity index (χ0v) is 15.6. The molecule has 136 valence electrons. The number of fused-ring (bicyclic) bond motifs is 1. The standard InChI is InChI=1S/C21H24N2O3/c1-13-5-8-20(26-4)18(11-13)22-14(2)21(25)17-6-7-19-16(12-17)9-10-23(19)15(3)24/h5-8,11-12,14,22H,9-10H2,1-4H3. The predicted molar refractivity (Wildman–Crippen MR) is 103 cm³/mol. The third kappa shape index (κ3) is 3.43. The van der Waals surface area contributed by atoms with E-state index in [0.717, 1.165) is 28.9 Å². The van der Waals surface area contributed by atoms with Gasteiger partial charge in [0.2, 0.25) is 5.91 Å². The van der Waals surface area contributed by atoms with E-state index in [1.54, 1.807) is 25.0 Å². The highest BCUT2D eigenvalue weighted by molar-refractivity contribution is 6.03. The number of nitrogens with one attached hydrogen (secondary N) is 1. The van der Waals surface area contributed by atoms with Crippen LogP contribution in [0.1, 0.15) is 35.3 Å². The molecule has 1 aliphatic heterocycles. The molecule has 1 atom stereocenters. The molecule has 1 aliphatic rings. The fourth-order valence-electron chi connectivity index (χ4n) is 3.37. The molecule has 0 saturated carbocycles. The van der Waals surface area contributed by atoms with Gasteiger partial charge in [0.25, 0.3) is 0 Å². The summed E-state index contributed by atoms with van der Waals surface area (Å²) < 4.78 is 5.37. The van der Waals surface area contributed by atoms with Crippen LogP contribution in [-0.2, 0) is 11.2 Å². The van der Waals surface area contributed by atoms with Gasteiger partial charge in [0.15, 0.2) is 5.78 Å². The summed E-state index contributed by atoms with van der Waals surface area (Å²) in [5.41, 5.74) is 4.51. The van der Waals surface area contributed by atoms with Crippen LogP contribution in [0.5, 0.6) is 5.75 Å². The van der Waals surface area contributed by atoms with Crippen molar-refractivity contribution in [3.05, 3.63) is 53.1 Å². The molecule has 0 bridgehead atoms. The van der Waals surface area contributed by atoms with E-state index in [1.165, 1.54) is 0 Å². The third-order valence-electron chi connectivity index (χ3n) is 4.76. The Bertz CT molecular complexity index is 860. The van der Waals surface area contributed by atoms with Crippen molar-refractivity contribution in [2.24, 2.45) is 0 Å². The van der Waals surface area contributed by atoms with Crippen molar-refractivity contribution >= 4 is 23.1 Å². The number of ketones is 1. The van der Waals surface area contributed by atoms with Crippen LogP contribution in [0.25, 0.3) is 0 Å². The van der Waals surface area contributed by atoms with Crippen LogP contribution in [0.2, 0.25) is 0 Å². The molecule has 0 spiro atoms. The average molecular weight is 352 g/mol. The Balaban J connectivity index is 1.80. The van der Waals surface area contributed by atoms with Gasteiger partial charge in [0.05, 0.1) is 18.8 Å². The Hall–Kier alpha value is -2.82. The normalized spacial score (nSPS) is 13.9. The molecular formula is C21H24N2O3. The van der Waals surface area contributed by atoms with E-state index in [9.17, 15) is 9.59 Å². The van der Waals surface area contributed by atoms with Crippen LogP contribution in [0.3, 0.4) is 0 Å². The Morgan fingerprint density at radius 3 is 2.65 bits per heavy atom. The fourth-order valence-corrected chi connectivity index (χ4v) is 3.37. The Kier molecular flexibility index (Phi) is 4.98. The van der Waals surface area contributed by atoms with Gasteiger partial charge in [0, 0.05) is 24.7 Å². The fraction of sp³-hybridized carbons (Fsp3) is 0.333. The average Bonchev–Trinajstić information content (AvgIpc) is 3.04. The summed E-state index contributed by atoms with van der Waals surface area (Å²) in [4.78, 5) is 26.3.